The molecule has 1 N–H and O–H groups in total. The van der Waals surface area contributed by atoms with Crippen molar-refractivity contribution in [1.29, 1.82) is 0 Å². The summed E-state index contributed by atoms with van der Waals surface area (Å²) in [6.45, 7) is 9.74. The number of halogens is 1. The third-order valence-corrected chi connectivity index (χ3v) is 4.37. The Labute approximate surface area is 123 Å². The van der Waals surface area contributed by atoms with Crippen LogP contribution in [0, 0.1) is 6.92 Å². The molecule has 0 aromatic carbocycles. The fourth-order valence-electron chi connectivity index (χ4n) is 2.60. The molecule has 4 nitrogen and oxygen atoms in total. The molecule has 1 aliphatic heterocycles. The maximum absolute atomic E-state index is 9.47. The lowest BCUT2D eigenvalue weighted by Crippen LogP contribution is -2.53. The van der Waals surface area contributed by atoms with Crippen LogP contribution in [0.25, 0.3) is 0 Å². The van der Waals surface area contributed by atoms with E-state index in [-0.39, 0.29) is 6.10 Å². The summed E-state index contributed by atoms with van der Waals surface area (Å²) in [6.07, 6.45) is -0.258. The highest BCUT2D eigenvalue weighted by molar-refractivity contribution is 9.10. The molecule has 2 rings (SSSR count). The Morgan fingerprint density at radius 3 is 2.79 bits per heavy atom. The molecule has 106 valence electrons. The molecule has 1 aromatic heterocycles. The summed E-state index contributed by atoms with van der Waals surface area (Å²) in [5, 5.41) is 9.47. The highest BCUT2D eigenvalue weighted by atomic mass is 79.9. The molecular weight excluding hydrogens is 306 g/mol. The minimum absolute atomic E-state index is 0.258. The molecule has 0 unspecified atom stereocenters. The lowest BCUT2D eigenvalue weighted by molar-refractivity contribution is 0.114. The van der Waals surface area contributed by atoms with Crippen LogP contribution in [-0.2, 0) is 0 Å². The van der Waals surface area contributed by atoms with Gasteiger partial charge in [0.05, 0.1) is 11.8 Å². The highest BCUT2D eigenvalue weighted by Gasteiger charge is 2.25. The maximum atomic E-state index is 9.47. The predicted octanol–water partition coefficient (Wildman–Crippen LogP) is 2.04. The second-order valence-electron chi connectivity index (χ2n) is 5.39. The number of aromatic nitrogens is 1. The molecule has 19 heavy (non-hydrogen) atoms. The van der Waals surface area contributed by atoms with Crippen molar-refractivity contribution in [3.63, 3.8) is 0 Å². The van der Waals surface area contributed by atoms with Gasteiger partial charge in [-0.1, -0.05) is 0 Å². The number of rotatable bonds is 3. The summed E-state index contributed by atoms with van der Waals surface area (Å²) in [6, 6.07) is 4.55. The quantitative estimate of drug-likeness (QED) is 0.922. The number of piperazine rings is 1. The van der Waals surface area contributed by atoms with Gasteiger partial charge in [0, 0.05) is 36.7 Å². The number of hydrogen-bond acceptors (Lipinski definition) is 4. The molecule has 0 bridgehead atoms. The molecule has 1 aromatic rings. The molecule has 0 aliphatic carbocycles. The zero-order valence-electron chi connectivity index (χ0n) is 11.8. The summed E-state index contributed by atoms with van der Waals surface area (Å²) in [5.74, 6) is 1.05. The van der Waals surface area contributed by atoms with E-state index >= 15 is 0 Å². The van der Waals surface area contributed by atoms with Crippen LogP contribution in [-0.4, -0.2) is 53.3 Å². The Morgan fingerprint density at radius 1 is 1.47 bits per heavy atom. The van der Waals surface area contributed by atoms with Crippen molar-refractivity contribution >= 4 is 21.7 Å². The first-order chi connectivity index (χ1) is 8.97. The standard InChI is InChI=1S/C14H22BrN3O/c1-10-8-17(9-11(2)19)6-7-18(10)14-5-4-13(15)12(3)16-14/h4-5,10-11,19H,6-9H2,1-3H3/t10-,11+/m1/s1. The third-order valence-electron chi connectivity index (χ3n) is 3.53. The molecule has 1 aliphatic rings. The lowest BCUT2D eigenvalue weighted by Gasteiger charge is -2.41. The van der Waals surface area contributed by atoms with Crippen molar-refractivity contribution in [3.05, 3.63) is 22.3 Å². The number of nitrogens with zero attached hydrogens (tertiary/aromatic N) is 3. The van der Waals surface area contributed by atoms with Gasteiger partial charge >= 0.3 is 0 Å². The Morgan fingerprint density at radius 2 is 2.21 bits per heavy atom. The molecule has 0 amide bonds. The van der Waals surface area contributed by atoms with Gasteiger partial charge in [-0.15, -0.1) is 0 Å². The molecule has 0 spiro atoms. The number of aliphatic hydroxyl groups is 1. The van der Waals surface area contributed by atoms with Crippen molar-refractivity contribution in [2.75, 3.05) is 31.1 Å². The smallest absolute Gasteiger partial charge is 0.129 e. The molecule has 0 saturated carbocycles. The van der Waals surface area contributed by atoms with Crippen LogP contribution in [0.15, 0.2) is 16.6 Å². The van der Waals surface area contributed by atoms with Crippen LogP contribution in [0.3, 0.4) is 0 Å². The largest absolute Gasteiger partial charge is 0.392 e. The van der Waals surface area contributed by atoms with Crippen LogP contribution in [0.2, 0.25) is 0 Å². The zero-order chi connectivity index (χ0) is 14.0. The van der Waals surface area contributed by atoms with Crippen molar-refractivity contribution in [2.45, 2.75) is 32.9 Å². The first-order valence-corrected chi connectivity index (χ1v) is 7.57. The van der Waals surface area contributed by atoms with Gasteiger partial charge in [-0.2, -0.15) is 0 Å². The normalized spacial score (nSPS) is 22.6. The fraction of sp³-hybridized carbons (Fsp3) is 0.643. The second-order valence-corrected chi connectivity index (χ2v) is 6.24. The monoisotopic (exact) mass is 327 g/mol. The van der Waals surface area contributed by atoms with E-state index in [0.717, 1.165) is 42.2 Å². The van der Waals surface area contributed by atoms with E-state index in [1.807, 2.05) is 13.8 Å². The first kappa shape index (κ1) is 14.8. The molecule has 5 heteroatoms. The molecule has 0 radical (unpaired) electrons. The average Bonchev–Trinajstić information content (AvgIpc) is 2.32. The molecule has 1 saturated heterocycles. The van der Waals surface area contributed by atoms with Crippen molar-refractivity contribution in [2.24, 2.45) is 0 Å². The maximum Gasteiger partial charge on any atom is 0.129 e. The molecule has 2 atom stereocenters. The minimum atomic E-state index is -0.258. The van der Waals surface area contributed by atoms with Gasteiger partial charge in [-0.25, -0.2) is 4.98 Å². The average molecular weight is 328 g/mol. The van der Waals surface area contributed by atoms with Gasteiger partial charge in [0.15, 0.2) is 0 Å². The molecular formula is C14H22BrN3O. The van der Waals surface area contributed by atoms with Crippen molar-refractivity contribution in [3.8, 4) is 0 Å². The minimum Gasteiger partial charge on any atom is -0.392 e. The van der Waals surface area contributed by atoms with Gasteiger partial charge < -0.3 is 10.0 Å². The second kappa shape index (κ2) is 6.20. The Hall–Kier alpha value is -0.650. The third kappa shape index (κ3) is 3.68. The Balaban J connectivity index is 2.05. The van der Waals surface area contributed by atoms with Crippen molar-refractivity contribution < 1.29 is 5.11 Å². The topological polar surface area (TPSA) is 39.6 Å². The van der Waals surface area contributed by atoms with Crippen LogP contribution < -0.4 is 4.90 Å². The summed E-state index contributed by atoms with van der Waals surface area (Å²) in [4.78, 5) is 9.31. The van der Waals surface area contributed by atoms with E-state index in [0.29, 0.717) is 6.04 Å². The van der Waals surface area contributed by atoms with E-state index in [2.05, 4.69) is 49.8 Å². The Bertz CT molecular complexity index is 439. The van der Waals surface area contributed by atoms with Crippen LogP contribution in [0.5, 0.6) is 0 Å². The highest BCUT2D eigenvalue weighted by Crippen LogP contribution is 2.22. The lowest BCUT2D eigenvalue weighted by atomic mass is 10.1. The summed E-state index contributed by atoms with van der Waals surface area (Å²) in [5.41, 5.74) is 1.02. The number of aliphatic hydroxyl groups excluding tert-OH is 1. The summed E-state index contributed by atoms with van der Waals surface area (Å²) >= 11 is 3.49. The molecule has 1 fully saturated rings. The van der Waals surface area contributed by atoms with E-state index in [1.165, 1.54) is 0 Å². The summed E-state index contributed by atoms with van der Waals surface area (Å²) in [7, 11) is 0. The number of aryl methyl sites for hydroxylation is 1. The van der Waals surface area contributed by atoms with E-state index in [9.17, 15) is 5.11 Å². The fourth-order valence-corrected chi connectivity index (χ4v) is 2.82. The number of hydrogen-bond donors (Lipinski definition) is 1. The van der Waals surface area contributed by atoms with Crippen LogP contribution in [0.1, 0.15) is 19.5 Å². The first-order valence-electron chi connectivity index (χ1n) is 6.77. The molecule has 2 heterocycles. The summed E-state index contributed by atoms with van der Waals surface area (Å²) < 4.78 is 1.05. The van der Waals surface area contributed by atoms with E-state index in [1.54, 1.807) is 0 Å². The van der Waals surface area contributed by atoms with Crippen LogP contribution >= 0.6 is 15.9 Å². The van der Waals surface area contributed by atoms with E-state index in [4.69, 9.17) is 0 Å². The number of pyridine rings is 1. The number of β-amino-alcohol motifs (C(OH)–C–C–N with tert-alkyl or cyclic N) is 1. The van der Waals surface area contributed by atoms with E-state index < -0.39 is 0 Å². The van der Waals surface area contributed by atoms with Gasteiger partial charge in [0.25, 0.3) is 0 Å². The van der Waals surface area contributed by atoms with Crippen LogP contribution in [0.4, 0.5) is 5.82 Å². The SMILES string of the molecule is Cc1nc(N2CCN(C[C@H](C)O)C[C@H]2C)ccc1Br. The van der Waals surface area contributed by atoms with Gasteiger partial charge in [0.1, 0.15) is 5.82 Å². The predicted molar refractivity (Wildman–Crippen MR) is 81.6 cm³/mol. The number of anilines is 1. The zero-order valence-corrected chi connectivity index (χ0v) is 13.4. The van der Waals surface area contributed by atoms with Gasteiger partial charge in [0.2, 0.25) is 0 Å². The van der Waals surface area contributed by atoms with Crippen molar-refractivity contribution in [1.82, 2.24) is 9.88 Å². The Kier molecular flexibility index (Phi) is 4.81. The van der Waals surface area contributed by atoms with Gasteiger partial charge in [-0.3, -0.25) is 4.90 Å². The van der Waals surface area contributed by atoms with Gasteiger partial charge in [-0.05, 0) is 48.8 Å².